The molecule has 94 valence electrons. The van der Waals surface area contributed by atoms with Crippen molar-refractivity contribution >= 4 is 22.9 Å². The van der Waals surface area contributed by atoms with Gasteiger partial charge in [-0.2, -0.15) is 13.1 Å². The minimum absolute atomic E-state index is 0.315. The summed E-state index contributed by atoms with van der Waals surface area (Å²) in [6, 6.07) is 5.56. The van der Waals surface area contributed by atoms with Crippen molar-refractivity contribution in [1.82, 2.24) is 4.72 Å². The third-order valence-corrected chi connectivity index (χ3v) is 2.92. The van der Waals surface area contributed by atoms with E-state index in [1.54, 1.807) is 19.1 Å². The van der Waals surface area contributed by atoms with Crippen molar-refractivity contribution in [3.63, 3.8) is 0 Å². The van der Waals surface area contributed by atoms with Crippen LogP contribution in [0.4, 0.5) is 0 Å². The van der Waals surface area contributed by atoms with Gasteiger partial charge in [0, 0.05) is 6.04 Å². The molecular weight excluding hydrogens is 245 g/mol. The molecule has 0 saturated carbocycles. The molecule has 4 N–H and O–H groups in total. The third kappa shape index (κ3) is 4.45. The van der Waals surface area contributed by atoms with Gasteiger partial charge in [-0.25, -0.2) is 0 Å². The van der Waals surface area contributed by atoms with Crippen molar-refractivity contribution in [2.75, 3.05) is 0 Å². The first-order valence-corrected chi connectivity index (χ1v) is 6.48. The van der Waals surface area contributed by atoms with Crippen LogP contribution in [-0.4, -0.2) is 30.1 Å². The van der Waals surface area contributed by atoms with Crippen LogP contribution in [0, 0.1) is 0 Å². The Balaban J connectivity index is 2.90. The van der Waals surface area contributed by atoms with Crippen molar-refractivity contribution in [1.29, 1.82) is 0 Å². The van der Waals surface area contributed by atoms with Gasteiger partial charge in [0.25, 0.3) is 0 Å². The van der Waals surface area contributed by atoms with Crippen LogP contribution in [0.25, 0.3) is 0 Å². The van der Waals surface area contributed by atoms with Gasteiger partial charge in [0.15, 0.2) is 0 Å². The summed E-state index contributed by atoms with van der Waals surface area (Å²) < 4.78 is 32.2. The quantitative estimate of drug-likeness (QED) is 0.409. The monoisotopic (exact) mass is 259 g/mol. The molecular formula is C9H14BNO5S. The normalized spacial score (nSPS) is 13.4. The first-order valence-electron chi connectivity index (χ1n) is 5.04. The van der Waals surface area contributed by atoms with E-state index in [0.717, 1.165) is 0 Å². The van der Waals surface area contributed by atoms with Gasteiger partial charge in [0.2, 0.25) is 0 Å². The molecule has 0 heterocycles. The van der Waals surface area contributed by atoms with Crippen LogP contribution in [0.15, 0.2) is 24.3 Å². The summed E-state index contributed by atoms with van der Waals surface area (Å²) in [6.07, 6.45) is 0.459. The molecule has 1 aromatic rings. The fraction of sp³-hybridized carbons (Fsp3) is 0.333. The Bertz CT molecular complexity index is 459. The topological polar surface area (TPSA) is 107 Å². The molecule has 17 heavy (non-hydrogen) atoms. The van der Waals surface area contributed by atoms with Crippen LogP contribution < -0.4 is 10.2 Å². The number of benzene rings is 1. The lowest BCUT2D eigenvalue weighted by Gasteiger charge is -2.15. The van der Waals surface area contributed by atoms with E-state index in [1.165, 1.54) is 12.1 Å². The fourth-order valence-corrected chi connectivity index (χ4v) is 2.13. The summed E-state index contributed by atoms with van der Waals surface area (Å²) in [5.74, 6) is 0. The van der Waals surface area contributed by atoms with Crippen LogP contribution in [0.1, 0.15) is 24.9 Å². The molecule has 1 aromatic carbocycles. The molecule has 6 nitrogen and oxygen atoms in total. The summed E-state index contributed by atoms with van der Waals surface area (Å²) in [6.45, 7) is 1.76. The average molecular weight is 259 g/mol. The molecule has 0 fully saturated rings. The SMILES string of the molecule is CCC(NS(=O)(=O)O)c1ccc(B(O)O)cc1. The van der Waals surface area contributed by atoms with Gasteiger partial charge in [-0.15, -0.1) is 0 Å². The molecule has 0 aliphatic carbocycles. The van der Waals surface area contributed by atoms with Crippen LogP contribution >= 0.6 is 0 Å². The summed E-state index contributed by atoms with van der Waals surface area (Å²) in [5.41, 5.74) is 0.949. The Morgan fingerprint density at radius 2 is 1.82 bits per heavy atom. The smallest absolute Gasteiger partial charge is 0.423 e. The van der Waals surface area contributed by atoms with E-state index in [1.807, 2.05) is 0 Å². The summed E-state index contributed by atoms with van der Waals surface area (Å²) in [5, 5.41) is 17.8. The number of rotatable bonds is 5. The van der Waals surface area contributed by atoms with Crippen molar-refractivity contribution in [2.24, 2.45) is 0 Å². The van der Waals surface area contributed by atoms with E-state index in [4.69, 9.17) is 14.6 Å². The number of nitrogens with one attached hydrogen (secondary N) is 1. The zero-order valence-corrected chi connectivity index (χ0v) is 10.1. The highest BCUT2D eigenvalue weighted by atomic mass is 32.2. The molecule has 1 rings (SSSR count). The fourth-order valence-electron chi connectivity index (χ4n) is 1.47. The Morgan fingerprint density at radius 3 is 2.18 bits per heavy atom. The van der Waals surface area contributed by atoms with Gasteiger partial charge in [0.05, 0.1) is 0 Å². The first kappa shape index (κ1) is 14.1. The Kier molecular flexibility index (Phi) is 4.66. The van der Waals surface area contributed by atoms with Gasteiger partial charge in [-0.1, -0.05) is 31.2 Å². The largest absolute Gasteiger partial charge is 0.488 e. The second-order valence-electron chi connectivity index (χ2n) is 3.59. The van der Waals surface area contributed by atoms with Crippen LogP contribution in [-0.2, 0) is 10.3 Å². The maximum Gasteiger partial charge on any atom is 0.488 e. The van der Waals surface area contributed by atoms with Crippen molar-refractivity contribution < 1.29 is 23.0 Å². The highest BCUT2D eigenvalue weighted by Gasteiger charge is 2.16. The molecule has 8 heteroatoms. The van der Waals surface area contributed by atoms with Crippen LogP contribution in [0.5, 0.6) is 0 Å². The molecule has 0 saturated heterocycles. The lowest BCUT2D eigenvalue weighted by Crippen LogP contribution is -2.31. The van der Waals surface area contributed by atoms with Crippen LogP contribution in [0.3, 0.4) is 0 Å². The molecule has 0 bridgehead atoms. The molecule has 0 spiro atoms. The molecule has 1 atom stereocenters. The second kappa shape index (κ2) is 5.61. The average Bonchev–Trinajstić information content (AvgIpc) is 2.25. The number of hydrogen-bond donors (Lipinski definition) is 4. The summed E-state index contributed by atoms with van der Waals surface area (Å²) in [7, 11) is -5.82. The van der Waals surface area contributed by atoms with E-state index in [9.17, 15) is 8.42 Å². The Morgan fingerprint density at radius 1 is 1.29 bits per heavy atom. The van der Waals surface area contributed by atoms with Gasteiger partial charge in [-0.05, 0) is 17.4 Å². The predicted molar refractivity (Wildman–Crippen MR) is 64.0 cm³/mol. The van der Waals surface area contributed by atoms with E-state index in [-0.39, 0.29) is 0 Å². The molecule has 0 aromatic heterocycles. The van der Waals surface area contributed by atoms with E-state index >= 15 is 0 Å². The van der Waals surface area contributed by atoms with Gasteiger partial charge < -0.3 is 10.0 Å². The Labute approximate surface area is 100 Å². The van der Waals surface area contributed by atoms with E-state index < -0.39 is 23.5 Å². The Hall–Kier alpha value is -0.925. The lowest BCUT2D eigenvalue weighted by molar-refractivity contribution is 0.425. The third-order valence-electron chi connectivity index (χ3n) is 2.34. The summed E-state index contributed by atoms with van der Waals surface area (Å²) in [4.78, 5) is 0. The minimum Gasteiger partial charge on any atom is -0.423 e. The van der Waals surface area contributed by atoms with Gasteiger partial charge in [-0.3, -0.25) is 4.55 Å². The number of hydrogen-bond acceptors (Lipinski definition) is 4. The zero-order valence-electron chi connectivity index (χ0n) is 9.24. The molecule has 0 radical (unpaired) electrons. The molecule has 0 amide bonds. The first-order chi connectivity index (χ1) is 7.83. The molecule has 0 aliphatic rings. The minimum atomic E-state index is -4.26. The van der Waals surface area contributed by atoms with Gasteiger partial charge >= 0.3 is 17.4 Å². The molecule has 0 aliphatic heterocycles. The maximum absolute atomic E-state index is 10.7. The second-order valence-corrected chi connectivity index (χ2v) is 4.78. The van der Waals surface area contributed by atoms with E-state index in [2.05, 4.69) is 4.72 Å². The zero-order chi connectivity index (χ0) is 13.1. The van der Waals surface area contributed by atoms with Crippen molar-refractivity contribution in [3.05, 3.63) is 29.8 Å². The lowest BCUT2D eigenvalue weighted by atomic mass is 9.80. The highest BCUT2D eigenvalue weighted by Crippen LogP contribution is 2.16. The van der Waals surface area contributed by atoms with Crippen LogP contribution in [0.2, 0.25) is 0 Å². The standard InChI is InChI=1S/C9H14BNO5S/c1-2-9(11-17(14,15)16)7-3-5-8(6-4-7)10(12)13/h3-6,9,11-13H,2H2,1H3,(H,14,15,16). The predicted octanol–water partition coefficient (Wildman–Crippen LogP) is -0.790. The highest BCUT2D eigenvalue weighted by molar-refractivity contribution is 7.83. The maximum atomic E-state index is 10.7. The summed E-state index contributed by atoms with van der Waals surface area (Å²) >= 11 is 0. The van der Waals surface area contributed by atoms with Crippen molar-refractivity contribution in [3.8, 4) is 0 Å². The van der Waals surface area contributed by atoms with Crippen molar-refractivity contribution in [2.45, 2.75) is 19.4 Å². The molecule has 1 unspecified atom stereocenters. The van der Waals surface area contributed by atoms with Gasteiger partial charge in [0.1, 0.15) is 0 Å². The van der Waals surface area contributed by atoms with E-state index in [0.29, 0.717) is 17.4 Å².